The van der Waals surface area contributed by atoms with Gasteiger partial charge in [0.25, 0.3) is 5.91 Å². The van der Waals surface area contributed by atoms with E-state index in [4.69, 9.17) is 0 Å². The Morgan fingerprint density at radius 1 is 1.19 bits per heavy atom. The molecule has 6 nitrogen and oxygen atoms in total. The van der Waals surface area contributed by atoms with Crippen LogP contribution < -0.4 is 0 Å². The van der Waals surface area contributed by atoms with Crippen molar-refractivity contribution in [2.75, 3.05) is 26.2 Å². The maximum Gasteiger partial charge on any atom is 0.266 e. The molecule has 3 unspecified atom stereocenters. The van der Waals surface area contributed by atoms with Gasteiger partial charge in [0.15, 0.2) is 0 Å². The van der Waals surface area contributed by atoms with Crippen molar-refractivity contribution in [1.29, 1.82) is 0 Å². The second-order valence-corrected chi connectivity index (χ2v) is 6.10. The fraction of sp³-hybridized carbons (Fsp3) is 0.600. The summed E-state index contributed by atoms with van der Waals surface area (Å²) in [4.78, 5) is 34.7. The van der Waals surface area contributed by atoms with Gasteiger partial charge in [-0.25, -0.2) is 0 Å². The molecule has 4 heterocycles. The molecule has 0 N–H and O–H groups in total. The zero-order valence-electron chi connectivity index (χ0n) is 11.9. The number of aliphatic imine (C=N–C) groups is 1. The molecule has 4 aliphatic heterocycles. The average molecular weight is 287 g/mol. The summed E-state index contributed by atoms with van der Waals surface area (Å²) in [6.45, 7) is 3.57. The Balaban J connectivity index is 1.58. The number of nitrogens with zero attached hydrogens (tertiary/aromatic N) is 4. The Hall–Kier alpha value is -1.69. The van der Waals surface area contributed by atoms with E-state index < -0.39 is 0 Å². The van der Waals surface area contributed by atoms with E-state index in [2.05, 4.69) is 16.3 Å². The first kappa shape index (κ1) is 13.0. The van der Waals surface area contributed by atoms with Gasteiger partial charge in [-0.2, -0.15) is 0 Å². The highest BCUT2D eigenvalue weighted by molar-refractivity contribution is 6.27. The zero-order valence-corrected chi connectivity index (χ0v) is 11.9. The van der Waals surface area contributed by atoms with Gasteiger partial charge in [0.2, 0.25) is 5.91 Å². The quantitative estimate of drug-likeness (QED) is 0.699. The van der Waals surface area contributed by atoms with E-state index in [1.807, 2.05) is 11.0 Å². The number of rotatable bonds is 2. The first-order chi connectivity index (χ1) is 10.2. The molecular formula is C15H19N4O2. The summed E-state index contributed by atoms with van der Waals surface area (Å²) in [5.74, 6) is -0.0592. The third-order valence-corrected chi connectivity index (χ3v) is 4.81. The number of amides is 2. The van der Waals surface area contributed by atoms with Crippen molar-refractivity contribution in [3.63, 3.8) is 0 Å². The summed E-state index contributed by atoms with van der Waals surface area (Å²) in [6.07, 6.45) is 9.15. The van der Waals surface area contributed by atoms with Crippen LogP contribution in [0.3, 0.4) is 0 Å². The maximum atomic E-state index is 12.3. The predicted molar refractivity (Wildman–Crippen MR) is 77.5 cm³/mol. The van der Waals surface area contributed by atoms with Gasteiger partial charge >= 0.3 is 0 Å². The number of hydrogen-bond acceptors (Lipinski definition) is 4. The maximum absolute atomic E-state index is 12.3. The van der Waals surface area contributed by atoms with Crippen molar-refractivity contribution in [3.8, 4) is 0 Å². The molecule has 3 atom stereocenters. The largest absolute Gasteiger partial charge is 0.313 e. The van der Waals surface area contributed by atoms with Crippen LogP contribution in [0.15, 0.2) is 17.1 Å². The Kier molecular flexibility index (Phi) is 3.06. The van der Waals surface area contributed by atoms with Crippen LogP contribution in [0.2, 0.25) is 0 Å². The first-order valence-corrected chi connectivity index (χ1v) is 7.62. The van der Waals surface area contributed by atoms with Crippen LogP contribution in [-0.2, 0) is 9.59 Å². The summed E-state index contributed by atoms with van der Waals surface area (Å²) in [7, 11) is 0. The van der Waals surface area contributed by atoms with Gasteiger partial charge in [-0.15, -0.1) is 0 Å². The Morgan fingerprint density at radius 3 is 2.81 bits per heavy atom. The third-order valence-electron chi connectivity index (χ3n) is 4.81. The number of carbonyl (C=O) groups is 2. The van der Waals surface area contributed by atoms with Gasteiger partial charge in [0.05, 0.1) is 12.3 Å². The lowest BCUT2D eigenvalue weighted by Crippen LogP contribution is -2.56. The highest BCUT2D eigenvalue weighted by Gasteiger charge is 2.50. The standard InChI is InChI=1S/C15H19N4O2/c20-13-5-4-12-15-18(14(21)8-16-12)10-11(19(13)15)9-17-6-2-1-3-7-17/h1,4-5,8,11-12,15H,2-3,6-7,9-10H2. The molecule has 1 radical (unpaired) electrons. The Bertz CT molecular complexity index is 524. The van der Waals surface area contributed by atoms with E-state index in [1.54, 1.807) is 11.0 Å². The molecule has 0 spiro atoms. The van der Waals surface area contributed by atoms with Gasteiger partial charge in [0, 0.05) is 19.2 Å². The van der Waals surface area contributed by atoms with Crippen LogP contribution >= 0.6 is 0 Å². The van der Waals surface area contributed by atoms with Gasteiger partial charge in [0.1, 0.15) is 12.2 Å². The van der Waals surface area contributed by atoms with Crippen molar-refractivity contribution in [2.24, 2.45) is 4.99 Å². The molecule has 2 amide bonds. The summed E-state index contributed by atoms with van der Waals surface area (Å²) < 4.78 is 0. The molecule has 6 heteroatoms. The molecule has 2 saturated heterocycles. The number of hydrogen-bond donors (Lipinski definition) is 0. The minimum Gasteiger partial charge on any atom is -0.313 e. The number of piperidine rings is 1. The molecule has 0 aromatic carbocycles. The average Bonchev–Trinajstić information content (AvgIpc) is 2.88. The topological polar surface area (TPSA) is 56.2 Å². The molecule has 2 fully saturated rings. The second-order valence-electron chi connectivity index (χ2n) is 6.10. The molecule has 0 aromatic rings. The summed E-state index contributed by atoms with van der Waals surface area (Å²) >= 11 is 0. The lowest BCUT2D eigenvalue weighted by molar-refractivity contribution is -0.135. The van der Waals surface area contributed by atoms with Gasteiger partial charge in [-0.3, -0.25) is 14.6 Å². The Labute approximate surface area is 124 Å². The third kappa shape index (κ3) is 2.09. The molecule has 4 aliphatic rings. The first-order valence-electron chi connectivity index (χ1n) is 7.62. The molecule has 111 valence electrons. The van der Waals surface area contributed by atoms with Crippen molar-refractivity contribution >= 4 is 18.0 Å². The molecular weight excluding hydrogens is 268 g/mol. The molecule has 4 rings (SSSR count). The molecule has 0 aliphatic carbocycles. The summed E-state index contributed by atoms with van der Waals surface area (Å²) in [5, 5.41) is 0. The molecule has 0 aromatic heterocycles. The SMILES string of the molecule is O=C1C=NC2C=CC(=O)N3C(CN4CC[CH]CC4)CN1C23. The van der Waals surface area contributed by atoms with Crippen molar-refractivity contribution in [1.82, 2.24) is 14.7 Å². The lowest BCUT2D eigenvalue weighted by Gasteiger charge is -2.39. The molecule has 21 heavy (non-hydrogen) atoms. The fourth-order valence-electron chi connectivity index (χ4n) is 3.82. The van der Waals surface area contributed by atoms with Crippen molar-refractivity contribution in [3.05, 3.63) is 18.6 Å². The van der Waals surface area contributed by atoms with Crippen LogP contribution in [0.25, 0.3) is 0 Å². The minimum absolute atomic E-state index is 0.0113. The number of likely N-dealkylation sites (tertiary alicyclic amines) is 1. The summed E-state index contributed by atoms with van der Waals surface area (Å²) in [5.41, 5.74) is 0. The van der Waals surface area contributed by atoms with E-state index in [0.717, 1.165) is 32.5 Å². The second kappa shape index (κ2) is 4.94. The van der Waals surface area contributed by atoms with Gasteiger partial charge in [-0.05, 0) is 32.4 Å². The van der Waals surface area contributed by atoms with E-state index in [1.165, 1.54) is 6.21 Å². The molecule has 0 saturated carbocycles. The molecule has 0 bridgehead atoms. The van der Waals surface area contributed by atoms with Crippen LogP contribution in [-0.4, -0.2) is 77.2 Å². The highest BCUT2D eigenvalue weighted by atomic mass is 16.2. The van der Waals surface area contributed by atoms with E-state index in [-0.39, 0.29) is 30.1 Å². The smallest absolute Gasteiger partial charge is 0.266 e. The van der Waals surface area contributed by atoms with Crippen LogP contribution in [0, 0.1) is 6.42 Å². The van der Waals surface area contributed by atoms with E-state index in [9.17, 15) is 9.59 Å². The highest BCUT2D eigenvalue weighted by Crippen LogP contribution is 2.31. The van der Waals surface area contributed by atoms with Gasteiger partial charge < -0.3 is 14.7 Å². The summed E-state index contributed by atoms with van der Waals surface area (Å²) in [6, 6.07) is -0.0150. The van der Waals surface area contributed by atoms with Crippen molar-refractivity contribution < 1.29 is 9.59 Å². The van der Waals surface area contributed by atoms with Crippen molar-refractivity contribution in [2.45, 2.75) is 31.1 Å². The fourth-order valence-corrected chi connectivity index (χ4v) is 3.82. The van der Waals surface area contributed by atoms with Gasteiger partial charge in [-0.1, -0.05) is 6.08 Å². The monoisotopic (exact) mass is 287 g/mol. The predicted octanol–water partition coefficient (Wildman–Crippen LogP) is -0.325. The van der Waals surface area contributed by atoms with E-state index in [0.29, 0.717) is 6.54 Å². The van der Waals surface area contributed by atoms with Crippen LogP contribution in [0.1, 0.15) is 12.8 Å². The van der Waals surface area contributed by atoms with Crippen LogP contribution in [0.4, 0.5) is 0 Å². The van der Waals surface area contributed by atoms with E-state index >= 15 is 0 Å². The Morgan fingerprint density at radius 2 is 2.00 bits per heavy atom. The number of carbonyl (C=O) groups excluding carboxylic acids is 2. The lowest BCUT2D eigenvalue weighted by atomic mass is 10.1. The van der Waals surface area contributed by atoms with Crippen LogP contribution in [0.5, 0.6) is 0 Å². The normalized spacial score (nSPS) is 35.5. The minimum atomic E-state index is -0.207. The zero-order chi connectivity index (χ0) is 14.4.